The molecular weight excluding hydrogens is 206 g/mol. The lowest BCUT2D eigenvalue weighted by Gasteiger charge is -2.08. The van der Waals surface area contributed by atoms with E-state index in [-0.39, 0.29) is 6.10 Å². The van der Waals surface area contributed by atoms with Gasteiger partial charge < -0.3 is 10.8 Å². The van der Waals surface area contributed by atoms with Crippen LogP contribution in [0.3, 0.4) is 0 Å². The Morgan fingerprint density at radius 3 is 2.85 bits per heavy atom. The first-order valence-electron chi connectivity index (χ1n) is 3.96. The predicted octanol–water partition coefficient (Wildman–Crippen LogP) is 2.40. The fraction of sp³-hybridized carbons (Fsp3) is 0.333. The van der Waals surface area contributed by atoms with Crippen molar-refractivity contribution in [1.82, 2.24) is 0 Å². The zero-order chi connectivity index (χ0) is 9.84. The van der Waals surface area contributed by atoms with Crippen molar-refractivity contribution in [2.45, 2.75) is 17.9 Å². The molecule has 0 saturated carbocycles. The van der Waals surface area contributed by atoms with Gasteiger partial charge in [-0.2, -0.15) is 0 Å². The Labute approximate surface area is 87.1 Å². The molecule has 2 nitrogen and oxygen atoms in total. The Morgan fingerprint density at radius 1 is 1.62 bits per heavy atom. The van der Waals surface area contributed by atoms with Gasteiger partial charge in [0.25, 0.3) is 0 Å². The van der Waals surface area contributed by atoms with Crippen LogP contribution >= 0.6 is 23.4 Å². The quantitative estimate of drug-likeness (QED) is 0.604. The smallest absolute Gasteiger partial charge is 0.0606 e. The van der Waals surface area contributed by atoms with Crippen LogP contribution in [0.4, 0.5) is 5.69 Å². The van der Waals surface area contributed by atoms with Gasteiger partial charge in [-0.15, -0.1) is 11.8 Å². The second kappa shape index (κ2) is 4.74. The third kappa shape index (κ3) is 3.10. The number of rotatable bonds is 3. The van der Waals surface area contributed by atoms with Gasteiger partial charge in [-0.3, -0.25) is 0 Å². The normalized spacial score (nSPS) is 12.8. The molecule has 1 rings (SSSR count). The summed E-state index contributed by atoms with van der Waals surface area (Å²) in [4.78, 5) is 0.852. The van der Waals surface area contributed by atoms with E-state index in [0.29, 0.717) is 16.5 Å². The van der Waals surface area contributed by atoms with Crippen LogP contribution in [0.5, 0.6) is 0 Å². The summed E-state index contributed by atoms with van der Waals surface area (Å²) >= 11 is 7.41. The Kier molecular flexibility index (Phi) is 3.90. The van der Waals surface area contributed by atoms with E-state index in [1.165, 1.54) is 11.8 Å². The van der Waals surface area contributed by atoms with Gasteiger partial charge in [0.1, 0.15) is 0 Å². The molecule has 72 valence electrons. The third-order valence-electron chi connectivity index (χ3n) is 1.47. The van der Waals surface area contributed by atoms with Crippen LogP contribution in [-0.2, 0) is 0 Å². The molecule has 0 spiro atoms. The van der Waals surface area contributed by atoms with Crippen molar-refractivity contribution in [2.24, 2.45) is 0 Å². The summed E-state index contributed by atoms with van der Waals surface area (Å²) in [7, 11) is 0. The molecule has 0 radical (unpaired) electrons. The van der Waals surface area contributed by atoms with Crippen LogP contribution < -0.4 is 5.73 Å². The Morgan fingerprint density at radius 2 is 2.31 bits per heavy atom. The summed E-state index contributed by atoms with van der Waals surface area (Å²) in [6.45, 7) is 1.74. The zero-order valence-corrected chi connectivity index (χ0v) is 8.90. The highest BCUT2D eigenvalue weighted by molar-refractivity contribution is 7.99. The highest BCUT2D eigenvalue weighted by Gasteiger charge is 2.06. The van der Waals surface area contributed by atoms with Gasteiger partial charge in [-0.1, -0.05) is 17.7 Å². The van der Waals surface area contributed by atoms with Gasteiger partial charge in [0.15, 0.2) is 0 Å². The third-order valence-corrected chi connectivity index (χ3v) is 3.29. The predicted molar refractivity (Wildman–Crippen MR) is 58.3 cm³/mol. The Bertz CT molecular complexity index is 271. The maximum absolute atomic E-state index is 9.09. The average molecular weight is 218 g/mol. The van der Waals surface area contributed by atoms with Crippen molar-refractivity contribution >= 4 is 29.1 Å². The largest absolute Gasteiger partial charge is 0.398 e. The minimum atomic E-state index is -0.347. The van der Waals surface area contributed by atoms with Crippen molar-refractivity contribution in [3.8, 4) is 0 Å². The van der Waals surface area contributed by atoms with E-state index in [4.69, 9.17) is 22.4 Å². The fourth-order valence-electron chi connectivity index (χ4n) is 0.882. The first-order chi connectivity index (χ1) is 6.11. The molecule has 0 aliphatic heterocycles. The van der Waals surface area contributed by atoms with Crippen molar-refractivity contribution in [3.05, 3.63) is 23.2 Å². The monoisotopic (exact) mass is 217 g/mol. The molecule has 0 aromatic heterocycles. The maximum atomic E-state index is 9.09. The highest BCUT2D eigenvalue weighted by atomic mass is 35.5. The van der Waals surface area contributed by atoms with Gasteiger partial charge in [0.05, 0.1) is 11.1 Å². The van der Waals surface area contributed by atoms with Crippen molar-refractivity contribution in [1.29, 1.82) is 0 Å². The van der Waals surface area contributed by atoms with Crippen LogP contribution in [0.2, 0.25) is 5.02 Å². The topological polar surface area (TPSA) is 46.2 Å². The number of nitrogen functional groups attached to an aromatic ring is 1. The van der Waals surface area contributed by atoms with Gasteiger partial charge in [0, 0.05) is 16.3 Å². The number of benzene rings is 1. The molecule has 0 fully saturated rings. The van der Waals surface area contributed by atoms with Gasteiger partial charge in [0.2, 0.25) is 0 Å². The summed E-state index contributed by atoms with van der Waals surface area (Å²) in [5.41, 5.74) is 6.39. The molecule has 0 saturated heterocycles. The lowest BCUT2D eigenvalue weighted by molar-refractivity contribution is 0.220. The highest BCUT2D eigenvalue weighted by Crippen LogP contribution is 2.32. The molecule has 1 aromatic carbocycles. The number of anilines is 1. The summed E-state index contributed by atoms with van der Waals surface area (Å²) in [5.74, 6) is 0.605. The number of nitrogens with two attached hydrogens (primary N) is 1. The maximum Gasteiger partial charge on any atom is 0.0606 e. The average Bonchev–Trinajstić information content (AvgIpc) is 2.03. The van der Waals surface area contributed by atoms with Crippen molar-refractivity contribution in [2.75, 3.05) is 11.5 Å². The van der Waals surface area contributed by atoms with Gasteiger partial charge in [-0.05, 0) is 19.1 Å². The van der Waals surface area contributed by atoms with E-state index in [1.54, 1.807) is 19.1 Å². The SMILES string of the molecule is CC(O)CSc1c(N)cccc1Cl. The van der Waals surface area contributed by atoms with E-state index in [9.17, 15) is 0 Å². The lowest BCUT2D eigenvalue weighted by atomic mass is 10.3. The van der Waals surface area contributed by atoms with Crippen LogP contribution in [0.1, 0.15) is 6.92 Å². The number of aliphatic hydroxyl groups is 1. The van der Waals surface area contributed by atoms with Gasteiger partial charge >= 0.3 is 0 Å². The molecule has 1 aromatic rings. The number of hydrogen-bond acceptors (Lipinski definition) is 3. The van der Waals surface area contributed by atoms with Crippen molar-refractivity contribution in [3.63, 3.8) is 0 Å². The first kappa shape index (κ1) is 10.7. The molecule has 0 amide bonds. The number of halogens is 1. The fourth-order valence-corrected chi connectivity index (χ4v) is 2.08. The Balaban J connectivity index is 2.75. The first-order valence-corrected chi connectivity index (χ1v) is 5.32. The van der Waals surface area contributed by atoms with E-state index in [1.807, 2.05) is 6.07 Å². The molecule has 3 N–H and O–H groups in total. The minimum absolute atomic E-state index is 0.347. The molecule has 1 atom stereocenters. The summed E-state index contributed by atoms with van der Waals surface area (Å²) in [6, 6.07) is 5.41. The van der Waals surface area contributed by atoms with Crippen LogP contribution in [-0.4, -0.2) is 17.0 Å². The van der Waals surface area contributed by atoms with Crippen molar-refractivity contribution < 1.29 is 5.11 Å². The Hall–Kier alpha value is -0.380. The molecule has 0 bridgehead atoms. The van der Waals surface area contributed by atoms with Crippen LogP contribution in [0, 0.1) is 0 Å². The van der Waals surface area contributed by atoms with E-state index in [0.717, 1.165) is 4.90 Å². The minimum Gasteiger partial charge on any atom is -0.398 e. The van der Waals surface area contributed by atoms with E-state index in [2.05, 4.69) is 0 Å². The standard InChI is InChI=1S/C9H12ClNOS/c1-6(12)5-13-9-7(10)3-2-4-8(9)11/h2-4,6,12H,5,11H2,1H3. The molecule has 0 aliphatic rings. The molecule has 0 aliphatic carbocycles. The van der Waals surface area contributed by atoms with Crippen LogP contribution in [0.15, 0.2) is 23.1 Å². The lowest BCUT2D eigenvalue weighted by Crippen LogP contribution is -2.03. The molecular formula is C9H12ClNOS. The molecule has 4 heteroatoms. The molecule has 1 unspecified atom stereocenters. The van der Waals surface area contributed by atoms with E-state index < -0.39 is 0 Å². The van der Waals surface area contributed by atoms with Gasteiger partial charge in [-0.25, -0.2) is 0 Å². The molecule has 13 heavy (non-hydrogen) atoms. The summed E-state index contributed by atoms with van der Waals surface area (Å²) in [6.07, 6.45) is -0.347. The number of thioether (sulfide) groups is 1. The van der Waals surface area contributed by atoms with Crippen LogP contribution in [0.25, 0.3) is 0 Å². The second-order valence-electron chi connectivity index (χ2n) is 2.82. The molecule has 0 heterocycles. The second-order valence-corrected chi connectivity index (χ2v) is 4.26. The number of aliphatic hydroxyl groups excluding tert-OH is 1. The van der Waals surface area contributed by atoms with E-state index >= 15 is 0 Å². The number of hydrogen-bond donors (Lipinski definition) is 2. The summed E-state index contributed by atoms with van der Waals surface area (Å²) in [5, 5.41) is 9.73. The summed E-state index contributed by atoms with van der Waals surface area (Å²) < 4.78 is 0. The zero-order valence-electron chi connectivity index (χ0n) is 7.33.